The van der Waals surface area contributed by atoms with E-state index in [0.717, 1.165) is 17.0 Å². The molecule has 0 saturated heterocycles. The Bertz CT molecular complexity index is 1080. The van der Waals surface area contributed by atoms with Crippen molar-refractivity contribution in [3.8, 4) is 5.75 Å². The van der Waals surface area contributed by atoms with Crippen molar-refractivity contribution in [1.82, 2.24) is 4.90 Å². The number of rotatable bonds is 7. The van der Waals surface area contributed by atoms with Gasteiger partial charge in [0.15, 0.2) is 5.17 Å². The van der Waals surface area contributed by atoms with Crippen LogP contribution in [-0.2, 0) is 9.59 Å². The van der Waals surface area contributed by atoms with E-state index in [1.807, 2.05) is 43.3 Å². The average Bonchev–Trinajstić information content (AvgIpc) is 3.09. The van der Waals surface area contributed by atoms with Crippen LogP contribution in [0.25, 0.3) is 0 Å². The first kappa shape index (κ1) is 22.1. The molecule has 2 aliphatic rings. The summed E-state index contributed by atoms with van der Waals surface area (Å²) in [4.78, 5) is 36.6. The van der Waals surface area contributed by atoms with Crippen molar-refractivity contribution >= 4 is 46.0 Å². The summed E-state index contributed by atoms with van der Waals surface area (Å²) in [5.74, 6) is 1.59. The lowest BCUT2D eigenvalue weighted by Gasteiger charge is -2.25. The van der Waals surface area contributed by atoms with Crippen LogP contribution in [0.1, 0.15) is 32.8 Å². The Morgan fingerprint density at radius 2 is 1.94 bits per heavy atom. The highest BCUT2D eigenvalue weighted by Crippen LogP contribution is 2.34. The molecule has 2 heterocycles. The van der Waals surface area contributed by atoms with Gasteiger partial charge in [-0.25, -0.2) is 9.89 Å². The molecule has 32 heavy (non-hydrogen) atoms. The van der Waals surface area contributed by atoms with Gasteiger partial charge in [-0.05, 0) is 55.7 Å². The lowest BCUT2D eigenvalue weighted by Crippen LogP contribution is -2.41. The zero-order valence-corrected chi connectivity index (χ0v) is 19.2. The predicted octanol–water partition coefficient (Wildman–Crippen LogP) is 4.46. The minimum atomic E-state index is -0.417. The van der Waals surface area contributed by atoms with Crippen LogP contribution in [0.2, 0.25) is 0 Å². The van der Waals surface area contributed by atoms with Gasteiger partial charge in [-0.1, -0.05) is 37.7 Å². The molecule has 166 valence electrons. The quantitative estimate of drug-likeness (QED) is 0.675. The van der Waals surface area contributed by atoms with Gasteiger partial charge < -0.3 is 10.1 Å². The smallest absolute Gasteiger partial charge is 0.259 e. The van der Waals surface area contributed by atoms with E-state index in [4.69, 9.17) is 9.73 Å². The maximum atomic E-state index is 13.1. The molecule has 0 spiro atoms. The third-order valence-corrected chi connectivity index (χ3v) is 5.96. The fourth-order valence-corrected chi connectivity index (χ4v) is 4.43. The SMILES string of the molecule is CCOc1ccc(NC(=O)CSC2=Nc3ccccc3C3=N[C@H](CC(C)C)C(=O)N23)cc1. The van der Waals surface area contributed by atoms with Crippen LogP contribution in [0, 0.1) is 5.92 Å². The molecule has 0 fully saturated rings. The van der Waals surface area contributed by atoms with E-state index >= 15 is 0 Å². The van der Waals surface area contributed by atoms with Gasteiger partial charge in [0, 0.05) is 11.3 Å². The molecule has 0 radical (unpaired) electrons. The van der Waals surface area contributed by atoms with Crippen LogP contribution in [0.15, 0.2) is 58.5 Å². The molecule has 0 aliphatic carbocycles. The highest BCUT2D eigenvalue weighted by atomic mass is 32.2. The number of hydrogen-bond donors (Lipinski definition) is 1. The average molecular weight is 451 g/mol. The van der Waals surface area contributed by atoms with Crippen molar-refractivity contribution in [2.45, 2.75) is 33.2 Å². The summed E-state index contributed by atoms with van der Waals surface area (Å²) in [7, 11) is 0. The zero-order valence-electron chi connectivity index (χ0n) is 18.4. The van der Waals surface area contributed by atoms with E-state index in [2.05, 4.69) is 24.2 Å². The van der Waals surface area contributed by atoms with Crippen LogP contribution >= 0.6 is 11.8 Å². The second-order valence-corrected chi connectivity index (χ2v) is 8.92. The second kappa shape index (κ2) is 9.56. The normalized spacial score (nSPS) is 16.9. The van der Waals surface area contributed by atoms with E-state index in [1.165, 1.54) is 11.8 Å². The lowest BCUT2D eigenvalue weighted by molar-refractivity contribution is -0.125. The molecule has 0 aromatic heterocycles. The predicted molar refractivity (Wildman–Crippen MR) is 129 cm³/mol. The molecule has 2 aromatic rings. The second-order valence-electron chi connectivity index (χ2n) is 7.98. The van der Waals surface area contributed by atoms with Gasteiger partial charge in [-0.3, -0.25) is 14.6 Å². The fraction of sp³-hybridized carbons (Fsp3) is 0.333. The van der Waals surface area contributed by atoms with Gasteiger partial charge >= 0.3 is 0 Å². The molecule has 1 atom stereocenters. The highest BCUT2D eigenvalue weighted by molar-refractivity contribution is 8.14. The van der Waals surface area contributed by atoms with Crippen molar-refractivity contribution in [2.24, 2.45) is 15.9 Å². The molecule has 7 nitrogen and oxygen atoms in total. The van der Waals surface area contributed by atoms with E-state index in [1.54, 1.807) is 17.0 Å². The number of nitrogens with zero attached hydrogens (tertiary/aromatic N) is 3. The molecule has 1 N–H and O–H groups in total. The molecule has 0 unspecified atom stereocenters. The summed E-state index contributed by atoms with van der Waals surface area (Å²) in [5.41, 5.74) is 2.29. The molecule has 2 amide bonds. The summed E-state index contributed by atoms with van der Waals surface area (Å²) in [6, 6.07) is 14.5. The summed E-state index contributed by atoms with van der Waals surface area (Å²) in [6.07, 6.45) is 0.678. The number of carbonyl (C=O) groups is 2. The Hall–Kier alpha value is -3.13. The van der Waals surface area contributed by atoms with Gasteiger partial charge in [-0.15, -0.1) is 0 Å². The standard InChI is InChI=1S/C24H26N4O3S/c1-4-31-17-11-9-16(10-12-17)25-21(29)14-32-24-27-19-8-6-5-7-18(19)22-26-20(13-15(2)3)23(30)28(22)24/h5-12,15,20H,4,13-14H2,1-3H3,(H,25,29)/t20-/m1/s1. The van der Waals surface area contributed by atoms with E-state index in [9.17, 15) is 9.59 Å². The Morgan fingerprint density at radius 1 is 1.19 bits per heavy atom. The largest absolute Gasteiger partial charge is 0.494 e. The van der Waals surface area contributed by atoms with E-state index in [0.29, 0.717) is 35.6 Å². The summed E-state index contributed by atoms with van der Waals surface area (Å²) < 4.78 is 5.42. The number of aliphatic imine (C=N–C) groups is 2. The third kappa shape index (κ3) is 4.70. The minimum absolute atomic E-state index is 0.0821. The van der Waals surface area contributed by atoms with Crippen molar-refractivity contribution < 1.29 is 14.3 Å². The number of thioether (sulfide) groups is 1. The minimum Gasteiger partial charge on any atom is -0.494 e. The van der Waals surface area contributed by atoms with Crippen molar-refractivity contribution in [2.75, 3.05) is 17.7 Å². The first-order valence-electron chi connectivity index (χ1n) is 10.7. The van der Waals surface area contributed by atoms with Crippen LogP contribution in [0.3, 0.4) is 0 Å². The molecule has 2 aliphatic heterocycles. The van der Waals surface area contributed by atoms with Gasteiger partial charge in [0.05, 0.1) is 18.0 Å². The Kier molecular flexibility index (Phi) is 6.60. The number of amides is 2. The fourth-order valence-electron chi connectivity index (χ4n) is 3.63. The Morgan fingerprint density at radius 3 is 2.66 bits per heavy atom. The molecule has 8 heteroatoms. The van der Waals surface area contributed by atoms with Crippen LogP contribution in [-0.4, -0.2) is 46.1 Å². The number of benzene rings is 2. The molecule has 0 saturated carbocycles. The number of hydrogen-bond acceptors (Lipinski definition) is 6. The number of anilines is 1. The van der Waals surface area contributed by atoms with Gasteiger partial charge in [0.2, 0.25) is 5.91 Å². The number of fused-ring (bicyclic) bond motifs is 3. The molecule has 4 rings (SSSR count). The van der Waals surface area contributed by atoms with Crippen LogP contribution < -0.4 is 10.1 Å². The lowest BCUT2D eigenvalue weighted by atomic mass is 10.0. The van der Waals surface area contributed by atoms with E-state index < -0.39 is 6.04 Å². The van der Waals surface area contributed by atoms with Crippen LogP contribution in [0.5, 0.6) is 5.75 Å². The summed E-state index contributed by atoms with van der Waals surface area (Å²) >= 11 is 1.24. The molecular formula is C24H26N4O3S. The number of ether oxygens (including phenoxy) is 1. The highest BCUT2D eigenvalue weighted by Gasteiger charge is 2.41. The van der Waals surface area contributed by atoms with Crippen LogP contribution in [0.4, 0.5) is 11.4 Å². The van der Waals surface area contributed by atoms with Crippen molar-refractivity contribution in [3.05, 3.63) is 54.1 Å². The maximum Gasteiger partial charge on any atom is 0.259 e. The monoisotopic (exact) mass is 450 g/mol. The topological polar surface area (TPSA) is 83.4 Å². The first-order valence-corrected chi connectivity index (χ1v) is 11.7. The summed E-state index contributed by atoms with van der Waals surface area (Å²) in [5, 5.41) is 3.36. The Balaban J connectivity index is 1.48. The summed E-state index contributed by atoms with van der Waals surface area (Å²) in [6.45, 7) is 6.67. The molecule has 0 bridgehead atoms. The van der Waals surface area contributed by atoms with Crippen molar-refractivity contribution in [1.29, 1.82) is 0 Å². The van der Waals surface area contributed by atoms with Gasteiger partial charge in [-0.2, -0.15) is 0 Å². The van der Waals surface area contributed by atoms with Gasteiger partial charge in [0.1, 0.15) is 17.6 Å². The first-order chi connectivity index (χ1) is 15.5. The molecular weight excluding hydrogens is 424 g/mol. The maximum absolute atomic E-state index is 13.1. The number of para-hydroxylation sites is 1. The number of nitrogens with one attached hydrogen (secondary N) is 1. The zero-order chi connectivity index (χ0) is 22.7. The molecule has 2 aromatic carbocycles. The Labute approximate surface area is 192 Å². The third-order valence-electron chi connectivity index (χ3n) is 5.02. The van der Waals surface area contributed by atoms with E-state index in [-0.39, 0.29) is 17.6 Å². The number of amidine groups is 2. The number of carbonyl (C=O) groups excluding carboxylic acids is 2. The van der Waals surface area contributed by atoms with Crippen molar-refractivity contribution in [3.63, 3.8) is 0 Å². The van der Waals surface area contributed by atoms with Gasteiger partial charge in [0.25, 0.3) is 5.91 Å².